The molecule has 1 amide bonds. The zero-order chi connectivity index (χ0) is 20.6. The molecule has 0 aliphatic heterocycles. The maximum Gasteiger partial charge on any atom is 0.248 e. The summed E-state index contributed by atoms with van der Waals surface area (Å²) in [6.45, 7) is 0.463. The maximum absolute atomic E-state index is 11.5. The van der Waals surface area contributed by atoms with Gasteiger partial charge in [0.1, 0.15) is 12.4 Å². The van der Waals surface area contributed by atoms with Gasteiger partial charge in [-0.3, -0.25) is 9.78 Å². The second-order valence-corrected chi connectivity index (χ2v) is 8.63. The Labute approximate surface area is 177 Å². The van der Waals surface area contributed by atoms with E-state index < -0.39 is 0 Å². The minimum absolute atomic E-state index is 0.0125. The monoisotopic (exact) mass is 398 g/mol. The molecule has 0 spiro atoms. The van der Waals surface area contributed by atoms with E-state index in [1.807, 2.05) is 30.3 Å². The van der Waals surface area contributed by atoms with Crippen LogP contribution in [-0.2, 0) is 12.0 Å². The summed E-state index contributed by atoms with van der Waals surface area (Å²) in [6, 6.07) is 22.4. The summed E-state index contributed by atoms with van der Waals surface area (Å²) in [5.74, 6) is 1.90. The topological polar surface area (TPSA) is 65.2 Å². The van der Waals surface area contributed by atoms with E-state index in [1.54, 1.807) is 6.20 Å². The molecule has 2 aromatic carbocycles. The molecular weight excluding hydrogens is 372 g/mol. The highest BCUT2D eigenvalue weighted by atomic mass is 16.5. The number of nitrogens with two attached hydrogens (primary N) is 1. The van der Waals surface area contributed by atoms with Gasteiger partial charge in [-0.15, -0.1) is 0 Å². The molecule has 3 aromatic rings. The largest absolute Gasteiger partial charge is 0.487 e. The molecule has 1 heterocycles. The Morgan fingerprint density at radius 1 is 1.00 bits per heavy atom. The molecule has 2 N–H and O–H groups in total. The molecule has 30 heavy (non-hydrogen) atoms. The Bertz CT molecular complexity index is 1030. The molecule has 4 heteroatoms. The van der Waals surface area contributed by atoms with Crippen LogP contribution in [0.4, 0.5) is 0 Å². The van der Waals surface area contributed by atoms with E-state index in [1.165, 1.54) is 36.8 Å². The van der Waals surface area contributed by atoms with Crippen molar-refractivity contribution in [2.75, 3.05) is 0 Å². The molecule has 2 saturated carbocycles. The van der Waals surface area contributed by atoms with Crippen LogP contribution in [0.25, 0.3) is 0 Å². The highest BCUT2D eigenvalue weighted by molar-refractivity contribution is 5.92. The lowest BCUT2D eigenvalue weighted by Gasteiger charge is -2.39. The zero-order valence-electron chi connectivity index (χ0n) is 17.0. The molecular formula is C26H26N2O2. The van der Waals surface area contributed by atoms with Crippen LogP contribution in [0.2, 0.25) is 0 Å². The summed E-state index contributed by atoms with van der Waals surface area (Å²) in [7, 11) is 0. The van der Waals surface area contributed by atoms with Crippen LogP contribution in [0.5, 0.6) is 5.75 Å². The Morgan fingerprint density at radius 3 is 2.30 bits per heavy atom. The van der Waals surface area contributed by atoms with Gasteiger partial charge in [0, 0.05) is 17.2 Å². The second-order valence-electron chi connectivity index (χ2n) is 8.63. The van der Waals surface area contributed by atoms with E-state index in [4.69, 9.17) is 10.5 Å². The van der Waals surface area contributed by atoms with Crippen molar-refractivity contribution in [3.63, 3.8) is 0 Å². The van der Waals surface area contributed by atoms with E-state index in [0.717, 1.165) is 17.4 Å². The van der Waals surface area contributed by atoms with Gasteiger partial charge in [0.15, 0.2) is 0 Å². The summed E-state index contributed by atoms with van der Waals surface area (Å²) < 4.78 is 5.94. The van der Waals surface area contributed by atoms with Crippen LogP contribution < -0.4 is 10.5 Å². The Balaban J connectivity index is 1.43. The molecule has 4 nitrogen and oxygen atoms in total. The van der Waals surface area contributed by atoms with Gasteiger partial charge in [0.2, 0.25) is 5.91 Å². The van der Waals surface area contributed by atoms with Gasteiger partial charge in [-0.2, -0.15) is 0 Å². The smallest absolute Gasteiger partial charge is 0.248 e. The van der Waals surface area contributed by atoms with Gasteiger partial charge < -0.3 is 10.5 Å². The van der Waals surface area contributed by atoms with E-state index in [2.05, 4.69) is 41.4 Å². The maximum atomic E-state index is 11.5. The number of ether oxygens (including phenoxy) is 1. The van der Waals surface area contributed by atoms with Crippen LogP contribution in [-0.4, -0.2) is 10.9 Å². The Morgan fingerprint density at radius 2 is 1.73 bits per heavy atom. The van der Waals surface area contributed by atoms with E-state index in [-0.39, 0.29) is 11.3 Å². The number of fused-ring (bicyclic) bond motifs is 2. The average Bonchev–Trinajstić information content (AvgIpc) is 3.41. The van der Waals surface area contributed by atoms with Crippen molar-refractivity contribution >= 4 is 5.91 Å². The molecule has 2 aliphatic carbocycles. The van der Waals surface area contributed by atoms with Crippen molar-refractivity contribution in [3.05, 3.63) is 95.3 Å². The molecule has 2 bridgehead atoms. The summed E-state index contributed by atoms with van der Waals surface area (Å²) >= 11 is 0. The first kappa shape index (κ1) is 18.9. The van der Waals surface area contributed by atoms with Gasteiger partial charge >= 0.3 is 0 Å². The second kappa shape index (κ2) is 7.60. The fraction of sp³-hybridized carbons (Fsp3) is 0.308. The molecule has 3 atom stereocenters. The van der Waals surface area contributed by atoms with E-state index in [9.17, 15) is 4.79 Å². The standard InChI is InChI=1S/C26H26N2O2/c27-25(29)19-5-8-20(9-6-19)26(16-18-4-7-22(26)15-18)21-10-12-24(13-11-21)30-17-23-3-1-2-14-28-23/h1-3,5-6,8-14,18,22H,4,7,15-17H2,(H2,27,29)/t18?,22-,26+/m1/s1. The van der Waals surface area contributed by atoms with E-state index in [0.29, 0.717) is 18.1 Å². The lowest BCUT2D eigenvalue weighted by Crippen LogP contribution is -2.34. The average molecular weight is 399 g/mol. The van der Waals surface area contributed by atoms with E-state index >= 15 is 0 Å². The van der Waals surface area contributed by atoms with Crippen LogP contribution in [0, 0.1) is 11.8 Å². The quantitative estimate of drug-likeness (QED) is 0.644. The van der Waals surface area contributed by atoms with Gasteiger partial charge in [-0.05, 0) is 78.6 Å². The number of benzene rings is 2. The minimum atomic E-state index is -0.377. The highest BCUT2D eigenvalue weighted by Crippen LogP contribution is 2.60. The van der Waals surface area contributed by atoms with Crippen LogP contribution in [0.1, 0.15) is 52.9 Å². The van der Waals surface area contributed by atoms with Crippen molar-refractivity contribution in [2.45, 2.75) is 37.7 Å². The SMILES string of the molecule is NC(=O)c1ccc([C@]2(c3ccc(OCc4ccccn4)cc3)CC3CC[C@@H]2C3)cc1. The zero-order valence-corrected chi connectivity index (χ0v) is 17.0. The molecule has 1 unspecified atom stereocenters. The molecule has 2 aliphatic rings. The number of hydrogen-bond donors (Lipinski definition) is 1. The molecule has 2 fully saturated rings. The Kier molecular flexibility index (Phi) is 4.78. The number of carbonyl (C=O) groups excluding carboxylic acids is 1. The summed E-state index contributed by atoms with van der Waals surface area (Å²) in [5, 5.41) is 0. The number of hydrogen-bond acceptors (Lipinski definition) is 3. The predicted octanol–water partition coefficient (Wildman–Crippen LogP) is 4.87. The lowest BCUT2D eigenvalue weighted by atomic mass is 9.64. The first-order valence-corrected chi connectivity index (χ1v) is 10.7. The molecule has 0 radical (unpaired) electrons. The van der Waals surface area contributed by atoms with Crippen molar-refractivity contribution in [1.29, 1.82) is 0 Å². The third-order valence-corrected chi connectivity index (χ3v) is 7.02. The number of rotatable bonds is 6. The lowest BCUT2D eigenvalue weighted by molar-refractivity contribution is 0.1000. The number of carbonyl (C=O) groups is 1. The first-order valence-electron chi connectivity index (χ1n) is 10.7. The van der Waals surface area contributed by atoms with Crippen molar-refractivity contribution in [2.24, 2.45) is 17.6 Å². The normalized spacial score (nSPS) is 24.7. The summed E-state index contributed by atoms with van der Waals surface area (Å²) in [6.07, 6.45) is 6.83. The molecule has 152 valence electrons. The van der Waals surface area contributed by atoms with Crippen molar-refractivity contribution in [1.82, 2.24) is 4.98 Å². The fourth-order valence-electron chi connectivity index (χ4n) is 5.62. The van der Waals surface area contributed by atoms with Crippen molar-refractivity contribution < 1.29 is 9.53 Å². The number of nitrogens with zero attached hydrogens (tertiary/aromatic N) is 1. The number of pyridine rings is 1. The van der Waals surface area contributed by atoms with Crippen LogP contribution in [0.3, 0.4) is 0 Å². The van der Waals surface area contributed by atoms with Gasteiger partial charge in [-0.25, -0.2) is 0 Å². The number of amides is 1. The third kappa shape index (κ3) is 3.26. The Hall–Kier alpha value is -3.14. The van der Waals surface area contributed by atoms with Crippen LogP contribution >= 0.6 is 0 Å². The van der Waals surface area contributed by atoms with Gasteiger partial charge in [-0.1, -0.05) is 36.8 Å². The predicted molar refractivity (Wildman–Crippen MR) is 116 cm³/mol. The van der Waals surface area contributed by atoms with Crippen LogP contribution in [0.15, 0.2) is 72.9 Å². The van der Waals surface area contributed by atoms with Gasteiger partial charge in [0.25, 0.3) is 0 Å². The molecule has 0 saturated heterocycles. The highest BCUT2D eigenvalue weighted by Gasteiger charge is 2.52. The first-order chi connectivity index (χ1) is 14.6. The number of primary amides is 1. The van der Waals surface area contributed by atoms with Crippen molar-refractivity contribution in [3.8, 4) is 5.75 Å². The summed E-state index contributed by atoms with van der Waals surface area (Å²) in [4.78, 5) is 15.8. The number of aromatic nitrogens is 1. The fourth-order valence-corrected chi connectivity index (χ4v) is 5.62. The van der Waals surface area contributed by atoms with Gasteiger partial charge in [0.05, 0.1) is 5.69 Å². The minimum Gasteiger partial charge on any atom is -0.487 e. The molecule has 5 rings (SSSR count). The third-order valence-electron chi connectivity index (χ3n) is 7.02. The molecule has 1 aromatic heterocycles. The summed E-state index contributed by atoms with van der Waals surface area (Å²) in [5.41, 5.74) is 9.58.